The topological polar surface area (TPSA) is 82.1 Å². The molecule has 0 fully saturated rings. The highest BCUT2D eigenvalue weighted by Crippen LogP contribution is 2.28. The highest BCUT2D eigenvalue weighted by atomic mass is 16.6. The average molecular weight is 306 g/mol. The fourth-order valence-corrected chi connectivity index (χ4v) is 1.48. The predicted molar refractivity (Wildman–Crippen MR) is 80.9 cm³/mol. The number of rotatable bonds is 8. The van der Waals surface area contributed by atoms with Crippen LogP contribution in [0.3, 0.4) is 0 Å². The highest BCUT2D eigenvalue weighted by Gasteiger charge is 2.06. The number of aliphatic carboxylic acids is 1. The van der Waals surface area contributed by atoms with Crippen LogP contribution >= 0.6 is 0 Å². The first-order valence-electron chi connectivity index (χ1n) is 6.48. The van der Waals surface area contributed by atoms with Gasteiger partial charge in [0.2, 0.25) is 0 Å². The van der Waals surface area contributed by atoms with Crippen molar-refractivity contribution in [3.8, 4) is 11.5 Å². The summed E-state index contributed by atoms with van der Waals surface area (Å²) in [4.78, 5) is 21.7. The first-order chi connectivity index (χ1) is 10.4. The maximum absolute atomic E-state index is 11.2. The third kappa shape index (κ3) is 5.70. The lowest BCUT2D eigenvalue weighted by Gasteiger charge is -2.11. The summed E-state index contributed by atoms with van der Waals surface area (Å²) in [7, 11) is 1.48. The molecule has 0 aliphatic carbocycles. The van der Waals surface area contributed by atoms with Gasteiger partial charge in [0.05, 0.1) is 7.11 Å². The third-order valence-electron chi connectivity index (χ3n) is 2.53. The summed E-state index contributed by atoms with van der Waals surface area (Å²) in [6, 6.07) is 4.99. The second-order valence-electron chi connectivity index (χ2n) is 4.35. The van der Waals surface area contributed by atoms with Crippen molar-refractivity contribution in [3.63, 3.8) is 0 Å². The molecule has 0 amide bonds. The van der Waals surface area contributed by atoms with Gasteiger partial charge in [-0.3, -0.25) is 0 Å². The molecule has 0 heterocycles. The molecule has 6 heteroatoms. The molecule has 0 aromatic heterocycles. The van der Waals surface area contributed by atoms with Crippen molar-refractivity contribution in [2.75, 3.05) is 20.3 Å². The van der Waals surface area contributed by atoms with Gasteiger partial charge in [-0.25, -0.2) is 9.59 Å². The molecular formula is C16H18O6. The van der Waals surface area contributed by atoms with Crippen LogP contribution in [0, 0.1) is 0 Å². The van der Waals surface area contributed by atoms with Crippen molar-refractivity contribution in [2.45, 2.75) is 6.92 Å². The second-order valence-corrected chi connectivity index (χ2v) is 4.35. The zero-order valence-electron chi connectivity index (χ0n) is 12.5. The van der Waals surface area contributed by atoms with Crippen molar-refractivity contribution < 1.29 is 28.9 Å². The number of hydrogen-bond acceptors (Lipinski definition) is 5. The minimum atomic E-state index is -1.03. The molecule has 0 spiro atoms. The molecule has 0 unspecified atom stereocenters. The molecule has 0 atom stereocenters. The average Bonchev–Trinajstić information content (AvgIpc) is 2.49. The molecule has 22 heavy (non-hydrogen) atoms. The minimum Gasteiger partial charge on any atom is -0.493 e. The van der Waals surface area contributed by atoms with Crippen molar-refractivity contribution in [3.05, 3.63) is 42.0 Å². The standard InChI is InChI=1S/C16H18O6/c1-11(2)16(19)22-9-8-21-13-6-4-12(5-7-15(17)18)10-14(13)20-3/h4-7,10H,1,8-9H2,2-3H3,(H,17,18)/b7-5+. The van der Waals surface area contributed by atoms with E-state index in [1.165, 1.54) is 13.2 Å². The second kappa shape index (κ2) is 8.51. The van der Waals surface area contributed by atoms with Crippen LogP contribution in [0.25, 0.3) is 6.08 Å². The molecule has 1 rings (SSSR count). The largest absolute Gasteiger partial charge is 0.493 e. The first kappa shape index (κ1) is 17.3. The van der Waals surface area contributed by atoms with Crippen LogP contribution in [0.5, 0.6) is 11.5 Å². The van der Waals surface area contributed by atoms with Gasteiger partial charge in [0, 0.05) is 11.6 Å². The van der Waals surface area contributed by atoms with Crippen molar-refractivity contribution >= 4 is 18.0 Å². The van der Waals surface area contributed by atoms with Crippen LogP contribution in [-0.4, -0.2) is 37.4 Å². The molecule has 0 aliphatic rings. The molecule has 1 aromatic rings. The Balaban J connectivity index is 2.62. The summed E-state index contributed by atoms with van der Waals surface area (Å²) < 4.78 is 15.6. The quantitative estimate of drug-likeness (QED) is 0.451. The number of carboxylic acids is 1. The van der Waals surface area contributed by atoms with E-state index in [1.807, 2.05) is 0 Å². The van der Waals surface area contributed by atoms with Gasteiger partial charge in [-0.1, -0.05) is 12.6 Å². The number of benzene rings is 1. The molecule has 118 valence electrons. The maximum atomic E-state index is 11.2. The number of carbonyl (C=O) groups excluding carboxylic acids is 1. The molecule has 1 aromatic carbocycles. The van der Waals surface area contributed by atoms with Crippen LogP contribution in [0.2, 0.25) is 0 Å². The smallest absolute Gasteiger partial charge is 0.333 e. The normalized spacial score (nSPS) is 10.3. The van der Waals surface area contributed by atoms with E-state index in [-0.39, 0.29) is 13.2 Å². The zero-order chi connectivity index (χ0) is 16.5. The number of carboxylic acid groups (broad SMARTS) is 1. The van der Waals surface area contributed by atoms with Gasteiger partial charge >= 0.3 is 11.9 Å². The summed E-state index contributed by atoms with van der Waals surface area (Å²) in [5.74, 6) is -0.566. The molecular weight excluding hydrogens is 288 g/mol. The molecule has 6 nitrogen and oxygen atoms in total. The fraction of sp³-hybridized carbons (Fsp3) is 0.250. The van der Waals surface area contributed by atoms with Gasteiger partial charge in [0.25, 0.3) is 0 Å². The minimum absolute atomic E-state index is 0.0928. The van der Waals surface area contributed by atoms with Gasteiger partial charge in [-0.05, 0) is 30.7 Å². The Kier molecular flexibility index (Phi) is 6.69. The predicted octanol–water partition coefficient (Wildman–Crippen LogP) is 2.29. The monoisotopic (exact) mass is 306 g/mol. The summed E-state index contributed by atoms with van der Waals surface area (Å²) in [5, 5.41) is 8.59. The van der Waals surface area contributed by atoms with E-state index in [0.717, 1.165) is 6.08 Å². The van der Waals surface area contributed by atoms with Crippen molar-refractivity contribution in [2.24, 2.45) is 0 Å². The van der Waals surface area contributed by atoms with Crippen LogP contribution in [0.4, 0.5) is 0 Å². The van der Waals surface area contributed by atoms with Crippen LogP contribution in [0.15, 0.2) is 36.4 Å². The summed E-state index contributed by atoms with van der Waals surface area (Å²) in [5.41, 5.74) is 0.993. The maximum Gasteiger partial charge on any atom is 0.333 e. The molecule has 0 saturated carbocycles. The lowest BCUT2D eigenvalue weighted by Crippen LogP contribution is -2.12. The Hall–Kier alpha value is -2.76. The SMILES string of the molecule is C=C(C)C(=O)OCCOc1ccc(/C=C/C(=O)O)cc1OC. The summed E-state index contributed by atoms with van der Waals surface area (Å²) in [6.07, 6.45) is 2.48. The van der Waals surface area contributed by atoms with Gasteiger partial charge in [-0.15, -0.1) is 0 Å². The first-order valence-corrected chi connectivity index (χ1v) is 6.48. The number of methoxy groups -OCH3 is 1. The Morgan fingerprint density at radius 1 is 1.27 bits per heavy atom. The van der Waals surface area contributed by atoms with Crippen LogP contribution < -0.4 is 9.47 Å². The number of hydrogen-bond donors (Lipinski definition) is 1. The Morgan fingerprint density at radius 3 is 2.59 bits per heavy atom. The lowest BCUT2D eigenvalue weighted by molar-refractivity contribution is -0.139. The van der Waals surface area contributed by atoms with E-state index in [0.29, 0.717) is 22.6 Å². The molecule has 0 radical (unpaired) electrons. The number of ether oxygens (including phenoxy) is 3. The summed E-state index contributed by atoms with van der Waals surface area (Å²) in [6.45, 7) is 5.30. The molecule has 0 bridgehead atoms. The van der Waals surface area contributed by atoms with Crippen LogP contribution in [0.1, 0.15) is 12.5 Å². The van der Waals surface area contributed by atoms with Gasteiger partial charge in [0.15, 0.2) is 11.5 Å². The van der Waals surface area contributed by atoms with E-state index < -0.39 is 11.9 Å². The Labute approximate surface area is 128 Å². The van der Waals surface area contributed by atoms with E-state index in [4.69, 9.17) is 19.3 Å². The number of carbonyl (C=O) groups is 2. The molecule has 0 saturated heterocycles. The highest BCUT2D eigenvalue weighted by molar-refractivity contribution is 5.87. The zero-order valence-corrected chi connectivity index (χ0v) is 12.5. The van der Waals surface area contributed by atoms with E-state index in [9.17, 15) is 9.59 Å². The fourth-order valence-electron chi connectivity index (χ4n) is 1.48. The van der Waals surface area contributed by atoms with Crippen LogP contribution in [-0.2, 0) is 14.3 Å². The van der Waals surface area contributed by atoms with Crippen molar-refractivity contribution in [1.82, 2.24) is 0 Å². The van der Waals surface area contributed by atoms with E-state index in [1.54, 1.807) is 25.1 Å². The van der Waals surface area contributed by atoms with Crippen molar-refractivity contribution in [1.29, 1.82) is 0 Å². The molecule has 0 aliphatic heterocycles. The number of esters is 1. The lowest BCUT2D eigenvalue weighted by atomic mass is 10.2. The third-order valence-corrected chi connectivity index (χ3v) is 2.53. The summed E-state index contributed by atoms with van der Waals surface area (Å²) >= 11 is 0. The van der Waals surface area contributed by atoms with Gasteiger partial charge in [0.1, 0.15) is 13.2 Å². The molecule has 1 N–H and O–H groups in total. The van der Waals surface area contributed by atoms with Gasteiger partial charge in [-0.2, -0.15) is 0 Å². The Morgan fingerprint density at radius 2 is 2.00 bits per heavy atom. The van der Waals surface area contributed by atoms with E-state index in [2.05, 4.69) is 6.58 Å². The Bertz CT molecular complexity index is 588. The van der Waals surface area contributed by atoms with E-state index >= 15 is 0 Å². The van der Waals surface area contributed by atoms with Gasteiger partial charge < -0.3 is 19.3 Å².